The Morgan fingerprint density at radius 2 is 2.26 bits per heavy atom. The highest BCUT2D eigenvalue weighted by Gasteiger charge is 2.15. The first-order chi connectivity index (χ1) is 8.90. The molecule has 0 aliphatic carbocycles. The Hall–Kier alpha value is -1.74. The average Bonchev–Trinajstić information content (AvgIpc) is 2.72. The molecule has 1 rings (SSSR count). The third-order valence-electron chi connectivity index (χ3n) is 1.47. The van der Waals surface area contributed by atoms with E-state index in [1.165, 1.54) is 6.34 Å². The van der Waals surface area contributed by atoms with Crippen molar-refractivity contribution < 1.29 is 19.4 Å². The van der Waals surface area contributed by atoms with Crippen molar-refractivity contribution in [1.82, 2.24) is 15.5 Å². The van der Waals surface area contributed by atoms with Gasteiger partial charge in [-0.05, 0) is 32.1 Å². The maximum atomic E-state index is 11.3. The molecule has 0 saturated heterocycles. The van der Waals surface area contributed by atoms with Crippen LogP contribution in [0, 0.1) is 0 Å². The number of amides is 1. The average molecular weight is 288 g/mol. The molecule has 0 saturated carbocycles. The van der Waals surface area contributed by atoms with Crippen LogP contribution in [0.15, 0.2) is 4.99 Å². The van der Waals surface area contributed by atoms with Crippen LogP contribution in [0.4, 0.5) is 9.93 Å². The fourth-order valence-corrected chi connectivity index (χ4v) is 1.46. The quantitative estimate of drug-likeness (QED) is 0.620. The summed E-state index contributed by atoms with van der Waals surface area (Å²) in [5.41, 5.74) is -0.564. The van der Waals surface area contributed by atoms with E-state index in [9.17, 15) is 4.79 Å². The highest BCUT2D eigenvalue weighted by Crippen LogP contribution is 2.23. The Kier molecular flexibility index (Phi) is 5.64. The van der Waals surface area contributed by atoms with Gasteiger partial charge in [0.15, 0.2) is 0 Å². The number of aliphatic hydroxyl groups excluding tert-OH is 1. The van der Waals surface area contributed by atoms with E-state index in [-0.39, 0.29) is 13.2 Å². The molecule has 1 heterocycles. The van der Waals surface area contributed by atoms with Crippen LogP contribution in [0.3, 0.4) is 0 Å². The first-order valence-electron chi connectivity index (χ1n) is 5.50. The van der Waals surface area contributed by atoms with Crippen LogP contribution in [0.1, 0.15) is 20.8 Å². The van der Waals surface area contributed by atoms with Gasteiger partial charge in [-0.3, -0.25) is 5.32 Å². The highest BCUT2D eigenvalue weighted by molar-refractivity contribution is 7.16. The number of aliphatic imine (C=N–C) groups is 1. The van der Waals surface area contributed by atoms with E-state index in [0.717, 1.165) is 11.3 Å². The summed E-state index contributed by atoms with van der Waals surface area (Å²) in [5, 5.41) is 18.9. The van der Waals surface area contributed by atoms with Crippen molar-refractivity contribution in [2.24, 2.45) is 4.99 Å². The molecular formula is C10H16N4O4S. The SMILES string of the molecule is CC(C)(C)OC(=O)NC=Nc1nnc(OCCO)s1. The Morgan fingerprint density at radius 1 is 1.53 bits per heavy atom. The Labute approximate surface area is 114 Å². The molecule has 106 valence electrons. The number of aliphatic hydroxyl groups is 1. The molecule has 2 N–H and O–H groups in total. The van der Waals surface area contributed by atoms with Gasteiger partial charge in [-0.15, -0.1) is 5.10 Å². The van der Waals surface area contributed by atoms with E-state index in [2.05, 4.69) is 20.5 Å². The minimum atomic E-state index is -0.600. The molecule has 8 nitrogen and oxygen atoms in total. The van der Waals surface area contributed by atoms with Gasteiger partial charge in [-0.1, -0.05) is 5.10 Å². The number of hydrogen-bond donors (Lipinski definition) is 2. The summed E-state index contributed by atoms with van der Waals surface area (Å²) >= 11 is 1.09. The van der Waals surface area contributed by atoms with Crippen LogP contribution in [0.5, 0.6) is 5.19 Å². The van der Waals surface area contributed by atoms with Gasteiger partial charge < -0.3 is 14.6 Å². The molecular weight excluding hydrogens is 272 g/mol. The number of nitrogens with one attached hydrogen (secondary N) is 1. The summed E-state index contributed by atoms with van der Waals surface area (Å²) in [6.07, 6.45) is 0.572. The Morgan fingerprint density at radius 3 is 2.89 bits per heavy atom. The number of carbonyl (C=O) groups excluding carboxylic acids is 1. The van der Waals surface area contributed by atoms with Crippen LogP contribution in [0.25, 0.3) is 0 Å². The molecule has 1 aromatic rings. The second kappa shape index (κ2) is 7.00. The Bertz CT molecular complexity index is 441. The third kappa shape index (κ3) is 6.67. The third-order valence-corrected chi connectivity index (χ3v) is 2.21. The zero-order valence-corrected chi connectivity index (χ0v) is 11.7. The van der Waals surface area contributed by atoms with Crippen LogP contribution in [-0.2, 0) is 4.74 Å². The predicted octanol–water partition coefficient (Wildman–Crippen LogP) is 1.09. The summed E-state index contributed by atoms with van der Waals surface area (Å²) in [6.45, 7) is 5.34. The van der Waals surface area contributed by atoms with Crippen molar-refractivity contribution in [2.75, 3.05) is 13.2 Å². The molecule has 0 aliphatic heterocycles. The van der Waals surface area contributed by atoms with Gasteiger partial charge in [0.1, 0.15) is 18.5 Å². The molecule has 0 radical (unpaired) electrons. The lowest BCUT2D eigenvalue weighted by molar-refractivity contribution is 0.0565. The van der Waals surface area contributed by atoms with E-state index in [0.29, 0.717) is 10.3 Å². The maximum absolute atomic E-state index is 11.3. The molecule has 9 heteroatoms. The van der Waals surface area contributed by atoms with E-state index in [1.807, 2.05) is 0 Å². The molecule has 0 atom stereocenters. The van der Waals surface area contributed by atoms with Crippen molar-refractivity contribution >= 4 is 28.9 Å². The van der Waals surface area contributed by atoms with Gasteiger partial charge in [-0.2, -0.15) is 0 Å². The molecule has 19 heavy (non-hydrogen) atoms. The van der Waals surface area contributed by atoms with Crippen molar-refractivity contribution in [1.29, 1.82) is 0 Å². The van der Waals surface area contributed by atoms with Crippen molar-refractivity contribution in [3.8, 4) is 5.19 Å². The van der Waals surface area contributed by atoms with Crippen molar-refractivity contribution in [3.63, 3.8) is 0 Å². The lowest BCUT2D eigenvalue weighted by atomic mass is 10.2. The number of aromatic nitrogens is 2. The number of nitrogens with zero attached hydrogens (tertiary/aromatic N) is 3. The largest absolute Gasteiger partial charge is 0.466 e. The zero-order valence-electron chi connectivity index (χ0n) is 10.9. The Balaban J connectivity index is 2.40. The highest BCUT2D eigenvalue weighted by atomic mass is 32.1. The maximum Gasteiger partial charge on any atom is 0.412 e. The summed E-state index contributed by atoms with van der Waals surface area (Å²) in [6, 6.07) is 0. The van der Waals surface area contributed by atoms with E-state index >= 15 is 0 Å². The fourth-order valence-electron chi connectivity index (χ4n) is 0.894. The molecule has 0 fully saturated rings. The number of rotatable bonds is 5. The van der Waals surface area contributed by atoms with Gasteiger partial charge >= 0.3 is 6.09 Å². The second-order valence-corrected chi connectivity index (χ2v) is 5.25. The molecule has 0 aliphatic rings. The first kappa shape index (κ1) is 15.3. The standard InChI is InChI=1S/C10H16N4O4S/c1-10(2,3)18-8(16)12-6-11-7-13-14-9(19-7)17-5-4-15/h6,15H,4-5H2,1-3H3,(H,11,12,13,16). The lowest BCUT2D eigenvalue weighted by Crippen LogP contribution is -2.31. The smallest absolute Gasteiger partial charge is 0.412 e. The second-order valence-electron chi connectivity index (χ2n) is 4.33. The molecule has 0 aromatic carbocycles. The van der Waals surface area contributed by atoms with E-state index < -0.39 is 11.7 Å². The molecule has 0 bridgehead atoms. The topological polar surface area (TPSA) is 106 Å². The molecule has 0 spiro atoms. The molecule has 1 aromatic heterocycles. The van der Waals surface area contributed by atoms with Gasteiger partial charge in [0.2, 0.25) is 5.13 Å². The van der Waals surface area contributed by atoms with Gasteiger partial charge in [-0.25, -0.2) is 9.79 Å². The number of carbonyl (C=O) groups is 1. The first-order valence-corrected chi connectivity index (χ1v) is 6.31. The van der Waals surface area contributed by atoms with Crippen molar-refractivity contribution in [3.05, 3.63) is 0 Å². The fraction of sp³-hybridized carbons (Fsp3) is 0.600. The molecule has 0 unspecified atom stereocenters. The monoisotopic (exact) mass is 288 g/mol. The summed E-state index contributed by atoms with van der Waals surface area (Å²) in [5.74, 6) is 0. The van der Waals surface area contributed by atoms with Gasteiger partial charge in [0.25, 0.3) is 5.19 Å². The number of ether oxygens (including phenoxy) is 2. The van der Waals surface area contributed by atoms with Crippen LogP contribution < -0.4 is 10.1 Å². The van der Waals surface area contributed by atoms with Gasteiger partial charge in [0, 0.05) is 0 Å². The summed E-state index contributed by atoms with van der Waals surface area (Å²) < 4.78 is 10.0. The summed E-state index contributed by atoms with van der Waals surface area (Å²) in [7, 11) is 0. The normalized spacial score (nSPS) is 11.6. The van der Waals surface area contributed by atoms with Crippen LogP contribution in [-0.4, -0.2) is 46.6 Å². The number of hydrogen-bond acceptors (Lipinski definition) is 8. The summed E-state index contributed by atoms with van der Waals surface area (Å²) in [4.78, 5) is 15.2. The van der Waals surface area contributed by atoms with Gasteiger partial charge in [0.05, 0.1) is 6.61 Å². The van der Waals surface area contributed by atoms with E-state index in [1.54, 1.807) is 20.8 Å². The van der Waals surface area contributed by atoms with Crippen LogP contribution in [0.2, 0.25) is 0 Å². The van der Waals surface area contributed by atoms with Crippen LogP contribution >= 0.6 is 11.3 Å². The zero-order chi connectivity index (χ0) is 14.3. The van der Waals surface area contributed by atoms with Crippen molar-refractivity contribution in [2.45, 2.75) is 26.4 Å². The lowest BCUT2D eigenvalue weighted by Gasteiger charge is -2.18. The molecule has 1 amide bonds. The van der Waals surface area contributed by atoms with E-state index in [4.69, 9.17) is 14.6 Å². The minimum Gasteiger partial charge on any atom is -0.466 e. The number of alkyl carbamates (subject to hydrolysis) is 1. The predicted molar refractivity (Wildman–Crippen MR) is 70.0 cm³/mol. The minimum absolute atomic E-state index is 0.0988.